The van der Waals surface area contributed by atoms with E-state index in [9.17, 15) is 13.2 Å². The van der Waals surface area contributed by atoms with Crippen molar-refractivity contribution >= 4 is 38.4 Å². The minimum Gasteiger partial charge on any atom is -0.497 e. The average Bonchev–Trinajstić information content (AvgIpc) is 3.10. The lowest BCUT2D eigenvalue weighted by molar-refractivity contribution is -0.121. The number of rotatable bonds is 5. The second-order valence-electron chi connectivity index (χ2n) is 6.75. The molecular weight excluding hydrogens is 388 g/mol. The van der Waals surface area contributed by atoms with Gasteiger partial charge in [-0.1, -0.05) is 25.6 Å². The molecule has 0 spiro atoms. The fourth-order valence-corrected chi connectivity index (χ4v) is 7.12. The Morgan fingerprint density at radius 1 is 1.33 bits per heavy atom. The molecule has 3 rings (SSSR count). The van der Waals surface area contributed by atoms with Crippen molar-refractivity contribution in [1.82, 2.24) is 0 Å². The van der Waals surface area contributed by atoms with Gasteiger partial charge in [-0.3, -0.25) is 4.79 Å². The van der Waals surface area contributed by atoms with E-state index in [1.807, 2.05) is 18.7 Å². The van der Waals surface area contributed by atoms with Crippen LogP contribution in [0, 0.1) is 5.92 Å². The third kappa shape index (κ3) is 3.94. The Labute approximate surface area is 164 Å². The molecule has 0 aromatic heterocycles. The van der Waals surface area contributed by atoms with Gasteiger partial charge in [0.05, 0.1) is 37.5 Å². The van der Waals surface area contributed by atoms with Crippen LogP contribution >= 0.6 is 11.8 Å². The van der Waals surface area contributed by atoms with Crippen molar-refractivity contribution in [2.45, 2.75) is 31.6 Å². The number of methoxy groups -OCH3 is 2. The maximum Gasteiger partial charge on any atom is 0.250 e. The smallest absolute Gasteiger partial charge is 0.250 e. The average molecular weight is 413 g/mol. The van der Waals surface area contributed by atoms with Crippen LogP contribution < -0.4 is 14.4 Å². The number of anilines is 1. The molecular formula is C18H24N2O5S2. The van der Waals surface area contributed by atoms with E-state index < -0.39 is 9.84 Å². The summed E-state index contributed by atoms with van der Waals surface area (Å²) in [6.07, 6.45) is 0.698. The molecule has 2 heterocycles. The van der Waals surface area contributed by atoms with Gasteiger partial charge in [0, 0.05) is 17.2 Å². The Morgan fingerprint density at radius 2 is 2.07 bits per heavy atom. The number of benzene rings is 1. The van der Waals surface area contributed by atoms with Crippen LogP contribution in [0.3, 0.4) is 0 Å². The van der Waals surface area contributed by atoms with Gasteiger partial charge >= 0.3 is 0 Å². The number of fused-ring (bicyclic) bond motifs is 1. The largest absolute Gasteiger partial charge is 0.497 e. The first-order chi connectivity index (χ1) is 12.8. The SMILES string of the molecule is CCC(C)C(=O)N=C1SC2CS(=O)(=O)CC2N1c1cc(OC)ccc1OC. The molecule has 0 radical (unpaired) electrons. The first-order valence-corrected chi connectivity index (χ1v) is 11.5. The van der Waals surface area contributed by atoms with Crippen LogP contribution in [-0.2, 0) is 14.6 Å². The summed E-state index contributed by atoms with van der Waals surface area (Å²) in [5.41, 5.74) is 0.657. The predicted molar refractivity (Wildman–Crippen MR) is 108 cm³/mol. The number of hydrogen-bond acceptors (Lipinski definition) is 6. The molecule has 0 bridgehead atoms. The van der Waals surface area contributed by atoms with Crippen molar-refractivity contribution < 1.29 is 22.7 Å². The standard InChI is InChI=1S/C18H24N2O5S2/c1-5-11(2)17(21)19-18-20(14-9-27(22,23)10-16(14)26-18)13-8-12(24-3)6-7-15(13)25-4/h6-8,11,14,16H,5,9-10H2,1-4H3. The molecule has 1 aromatic rings. The molecule has 2 aliphatic heterocycles. The number of amides is 1. The number of aliphatic imine (C=N–C) groups is 1. The number of carbonyl (C=O) groups excluding carboxylic acids is 1. The molecule has 2 saturated heterocycles. The lowest BCUT2D eigenvalue weighted by atomic mass is 10.1. The number of amidine groups is 1. The third-order valence-electron chi connectivity index (χ3n) is 4.95. The van der Waals surface area contributed by atoms with E-state index in [-0.39, 0.29) is 34.6 Å². The Hall–Kier alpha value is -1.74. The topological polar surface area (TPSA) is 85.3 Å². The van der Waals surface area contributed by atoms with E-state index in [2.05, 4.69) is 4.99 Å². The predicted octanol–water partition coefficient (Wildman–Crippen LogP) is 2.35. The summed E-state index contributed by atoms with van der Waals surface area (Å²) in [5.74, 6) is 0.923. The Kier molecular flexibility index (Phi) is 5.71. The van der Waals surface area contributed by atoms with Crippen LogP contribution in [0.25, 0.3) is 0 Å². The van der Waals surface area contributed by atoms with Gasteiger partial charge in [0.15, 0.2) is 15.0 Å². The molecule has 1 amide bonds. The zero-order chi connectivity index (χ0) is 19.8. The molecule has 2 aliphatic rings. The van der Waals surface area contributed by atoms with Gasteiger partial charge in [-0.15, -0.1) is 0 Å². The zero-order valence-electron chi connectivity index (χ0n) is 15.8. The molecule has 0 saturated carbocycles. The number of sulfone groups is 1. The van der Waals surface area contributed by atoms with E-state index in [0.717, 1.165) is 0 Å². The Balaban J connectivity index is 2.09. The quantitative estimate of drug-likeness (QED) is 0.734. The Bertz CT molecular complexity index is 869. The summed E-state index contributed by atoms with van der Waals surface area (Å²) in [6.45, 7) is 3.78. The van der Waals surface area contributed by atoms with Gasteiger partial charge in [0.1, 0.15) is 11.5 Å². The van der Waals surface area contributed by atoms with E-state index in [0.29, 0.717) is 28.8 Å². The number of thioether (sulfide) groups is 1. The van der Waals surface area contributed by atoms with Crippen LogP contribution in [0.5, 0.6) is 11.5 Å². The summed E-state index contributed by atoms with van der Waals surface area (Å²) in [6, 6.07) is 5.04. The molecule has 27 heavy (non-hydrogen) atoms. The molecule has 148 valence electrons. The van der Waals surface area contributed by atoms with Gasteiger partial charge in [-0.25, -0.2) is 8.42 Å². The third-order valence-corrected chi connectivity index (χ3v) is 8.16. The van der Waals surface area contributed by atoms with E-state index >= 15 is 0 Å². The van der Waals surface area contributed by atoms with Crippen molar-refractivity contribution in [2.75, 3.05) is 30.6 Å². The highest BCUT2D eigenvalue weighted by atomic mass is 32.2. The van der Waals surface area contributed by atoms with Gasteiger partial charge in [0.25, 0.3) is 5.91 Å². The van der Waals surface area contributed by atoms with Crippen LogP contribution in [-0.4, -0.2) is 56.5 Å². The first-order valence-electron chi connectivity index (χ1n) is 8.80. The van der Waals surface area contributed by atoms with Crippen LogP contribution in [0.1, 0.15) is 20.3 Å². The summed E-state index contributed by atoms with van der Waals surface area (Å²) in [7, 11) is -0.0109. The molecule has 9 heteroatoms. The number of hydrogen-bond donors (Lipinski definition) is 0. The van der Waals surface area contributed by atoms with Crippen molar-refractivity contribution in [3.63, 3.8) is 0 Å². The summed E-state index contributed by atoms with van der Waals surface area (Å²) in [5, 5.41) is 0.367. The lowest BCUT2D eigenvalue weighted by Crippen LogP contribution is -2.38. The molecule has 1 aromatic carbocycles. The van der Waals surface area contributed by atoms with E-state index in [4.69, 9.17) is 9.47 Å². The summed E-state index contributed by atoms with van der Waals surface area (Å²) < 4.78 is 35.2. The van der Waals surface area contributed by atoms with Crippen LogP contribution in [0.4, 0.5) is 5.69 Å². The lowest BCUT2D eigenvalue weighted by Gasteiger charge is -2.26. The maximum atomic E-state index is 12.4. The molecule has 3 unspecified atom stereocenters. The monoisotopic (exact) mass is 412 g/mol. The minimum absolute atomic E-state index is 0.0293. The highest BCUT2D eigenvalue weighted by Crippen LogP contribution is 2.45. The maximum absolute atomic E-state index is 12.4. The van der Waals surface area contributed by atoms with E-state index in [1.54, 1.807) is 32.4 Å². The van der Waals surface area contributed by atoms with Gasteiger partial charge in [0.2, 0.25) is 0 Å². The van der Waals surface area contributed by atoms with Gasteiger partial charge < -0.3 is 14.4 Å². The molecule has 3 atom stereocenters. The van der Waals surface area contributed by atoms with E-state index in [1.165, 1.54) is 11.8 Å². The van der Waals surface area contributed by atoms with Gasteiger partial charge in [-0.05, 0) is 18.6 Å². The molecule has 0 aliphatic carbocycles. The number of carbonyl (C=O) groups is 1. The molecule has 7 nitrogen and oxygen atoms in total. The summed E-state index contributed by atoms with van der Waals surface area (Å²) >= 11 is 1.35. The molecule has 2 fully saturated rings. The second-order valence-corrected chi connectivity index (χ2v) is 10.1. The van der Waals surface area contributed by atoms with Crippen molar-refractivity contribution in [2.24, 2.45) is 10.9 Å². The highest BCUT2D eigenvalue weighted by molar-refractivity contribution is 8.16. The summed E-state index contributed by atoms with van der Waals surface area (Å²) in [4.78, 5) is 18.6. The fourth-order valence-electron chi connectivity index (χ4n) is 3.21. The number of nitrogens with zero attached hydrogens (tertiary/aromatic N) is 2. The first kappa shape index (κ1) is 20.0. The van der Waals surface area contributed by atoms with Crippen molar-refractivity contribution in [1.29, 1.82) is 0 Å². The second kappa shape index (κ2) is 7.71. The Morgan fingerprint density at radius 3 is 2.70 bits per heavy atom. The van der Waals surface area contributed by atoms with Crippen LogP contribution in [0.15, 0.2) is 23.2 Å². The zero-order valence-corrected chi connectivity index (χ0v) is 17.5. The van der Waals surface area contributed by atoms with Gasteiger partial charge in [-0.2, -0.15) is 4.99 Å². The fraction of sp³-hybridized carbons (Fsp3) is 0.556. The molecule has 0 N–H and O–H groups in total. The number of ether oxygens (including phenoxy) is 2. The van der Waals surface area contributed by atoms with Crippen molar-refractivity contribution in [3.05, 3.63) is 18.2 Å². The normalized spacial score (nSPS) is 26.1. The minimum atomic E-state index is -3.13. The van der Waals surface area contributed by atoms with Crippen LogP contribution in [0.2, 0.25) is 0 Å². The highest BCUT2D eigenvalue weighted by Gasteiger charge is 2.50. The van der Waals surface area contributed by atoms with Crippen molar-refractivity contribution in [3.8, 4) is 11.5 Å².